The highest BCUT2D eigenvalue weighted by molar-refractivity contribution is 6.31. The number of rotatable bonds is 5. The summed E-state index contributed by atoms with van der Waals surface area (Å²) in [6.45, 7) is 5.31. The van der Waals surface area contributed by atoms with E-state index in [9.17, 15) is 19.7 Å². The molecule has 30 heavy (non-hydrogen) atoms. The van der Waals surface area contributed by atoms with E-state index in [2.05, 4.69) is 5.32 Å². The number of hydrogen-bond acceptors (Lipinski definition) is 5. The van der Waals surface area contributed by atoms with Gasteiger partial charge in [-0.05, 0) is 30.7 Å². The van der Waals surface area contributed by atoms with Crippen LogP contribution in [0.15, 0.2) is 42.5 Å². The fourth-order valence-electron chi connectivity index (χ4n) is 3.52. The van der Waals surface area contributed by atoms with E-state index in [1.54, 1.807) is 36.1 Å². The van der Waals surface area contributed by atoms with Gasteiger partial charge in [0.25, 0.3) is 11.6 Å². The van der Waals surface area contributed by atoms with Crippen LogP contribution in [0.5, 0.6) is 0 Å². The molecule has 1 heterocycles. The molecule has 2 amide bonds. The molecule has 2 aromatic rings. The fraction of sp³-hybridized carbons (Fsp3) is 0.333. The molecule has 3 rings (SSSR count). The molecule has 0 saturated carbocycles. The highest BCUT2D eigenvalue weighted by atomic mass is 35.5. The molecule has 2 aromatic carbocycles. The van der Waals surface area contributed by atoms with Gasteiger partial charge >= 0.3 is 0 Å². The molecular weight excluding hydrogens is 408 g/mol. The van der Waals surface area contributed by atoms with Crippen LogP contribution in [0.3, 0.4) is 0 Å². The van der Waals surface area contributed by atoms with Gasteiger partial charge < -0.3 is 15.1 Å². The van der Waals surface area contributed by atoms with Crippen molar-refractivity contribution in [2.75, 3.05) is 31.1 Å². The lowest BCUT2D eigenvalue weighted by molar-refractivity contribution is -0.384. The van der Waals surface area contributed by atoms with Gasteiger partial charge in [0, 0.05) is 49.8 Å². The Morgan fingerprint density at radius 2 is 1.80 bits per heavy atom. The van der Waals surface area contributed by atoms with Gasteiger partial charge in [-0.25, -0.2) is 0 Å². The Kier molecular flexibility index (Phi) is 6.56. The predicted octanol–water partition coefficient (Wildman–Crippen LogP) is 3.41. The number of amides is 2. The van der Waals surface area contributed by atoms with Crippen LogP contribution in [-0.2, 0) is 4.79 Å². The van der Waals surface area contributed by atoms with Crippen molar-refractivity contribution in [1.29, 1.82) is 0 Å². The van der Waals surface area contributed by atoms with E-state index in [0.29, 0.717) is 36.9 Å². The number of piperazine rings is 1. The molecule has 1 unspecified atom stereocenters. The molecule has 1 saturated heterocycles. The van der Waals surface area contributed by atoms with Gasteiger partial charge in [-0.15, -0.1) is 0 Å². The Balaban J connectivity index is 1.78. The first-order valence-electron chi connectivity index (χ1n) is 9.62. The van der Waals surface area contributed by atoms with Crippen LogP contribution in [-0.4, -0.2) is 47.8 Å². The molecule has 0 aliphatic carbocycles. The second kappa shape index (κ2) is 9.13. The van der Waals surface area contributed by atoms with Gasteiger partial charge in [-0.1, -0.05) is 29.8 Å². The summed E-state index contributed by atoms with van der Waals surface area (Å²) in [5.41, 5.74) is 1.27. The molecular formula is C21H23ClN4O4. The third-order valence-corrected chi connectivity index (χ3v) is 5.56. The topological polar surface area (TPSA) is 95.8 Å². The Labute approximate surface area is 179 Å². The molecule has 1 fully saturated rings. The normalized spacial score (nSPS) is 14.9. The van der Waals surface area contributed by atoms with E-state index in [4.69, 9.17) is 11.6 Å². The first kappa shape index (κ1) is 21.6. The van der Waals surface area contributed by atoms with Crippen LogP contribution in [0.2, 0.25) is 5.02 Å². The van der Waals surface area contributed by atoms with Gasteiger partial charge in [-0.3, -0.25) is 19.7 Å². The minimum Gasteiger partial charge on any atom is -0.362 e. The predicted molar refractivity (Wildman–Crippen MR) is 115 cm³/mol. The number of nitro benzene ring substituents is 1. The molecule has 1 aliphatic heterocycles. The number of nitrogens with one attached hydrogen (secondary N) is 1. The minimum atomic E-state index is -0.485. The smallest absolute Gasteiger partial charge is 0.293 e. The number of carbonyl (C=O) groups excluding carboxylic acids is 2. The Morgan fingerprint density at radius 3 is 2.40 bits per heavy atom. The Hall–Kier alpha value is -3.13. The molecule has 1 aliphatic rings. The van der Waals surface area contributed by atoms with E-state index >= 15 is 0 Å². The molecule has 8 nitrogen and oxygen atoms in total. The van der Waals surface area contributed by atoms with E-state index in [0.717, 1.165) is 5.56 Å². The first-order valence-corrected chi connectivity index (χ1v) is 10.00. The number of anilines is 1. The molecule has 0 bridgehead atoms. The van der Waals surface area contributed by atoms with Crippen molar-refractivity contribution in [1.82, 2.24) is 10.2 Å². The average Bonchev–Trinajstić information content (AvgIpc) is 2.73. The Morgan fingerprint density at radius 1 is 1.13 bits per heavy atom. The zero-order valence-electron chi connectivity index (χ0n) is 16.8. The van der Waals surface area contributed by atoms with Crippen LogP contribution in [0.25, 0.3) is 0 Å². The first-order chi connectivity index (χ1) is 14.3. The summed E-state index contributed by atoms with van der Waals surface area (Å²) in [6, 6.07) is 11.3. The summed E-state index contributed by atoms with van der Waals surface area (Å²) < 4.78 is 0. The van der Waals surface area contributed by atoms with E-state index in [-0.39, 0.29) is 23.2 Å². The quantitative estimate of drug-likeness (QED) is 0.579. The Bertz CT molecular complexity index is 973. The van der Waals surface area contributed by atoms with E-state index < -0.39 is 10.8 Å². The van der Waals surface area contributed by atoms with E-state index in [1.165, 1.54) is 13.0 Å². The van der Waals surface area contributed by atoms with Gasteiger partial charge in [0.1, 0.15) is 5.69 Å². The molecule has 0 spiro atoms. The van der Waals surface area contributed by atoms with Crippen molar-refractivity contribution >= 4 is 34.8 Å². The van der Waals surface area contributed by atoms with Crippen LogP contribution in [0.1, 0.15) is 35.8 Å². The van der Waals surface area contributed by atoms with Gasteiger partial charge in [0.05, 0.1) is 11.0 Å². The van der Waals surface area contributed by atoms with Crippen LogP contribution in [0.4, 0.5) is 11.4 Å². The second-order valence-corrected chi connectivity index (χ2v) is 7.58. The number of nitro groups is 1. The summed E-state index contributed by atoms with van der Waals surface area (Å²) >= 11 is 6.18. The van der Waals surface area contributed by atoms with Crippen molar-refractivity contribution in [3.63, 3.8) is 0 Å². The maximum Gasteiger partial charge on any atom is 0.293 e. The van der Waals surface area contributed by atoms with Crippen LogP contribution < -0.4 is 10.2 Å². The number of benzene rings is 2. The summed E-state index contributed by atoms with van der Waals surface area (Å²) in [4.78, 5) is 38.9. The zero-order chi connectivity index (χ0) is 21.8. The van der Waals surface area contributed by atoms with Crippen molar-refractivity contribution < 1.29 is 14.5 Å². The lowest BCUT2D eigenvalue weighted by atomic mass is 10.1. The number of carbonyl (C=O) groups is 2. The summed E-state index contributed by atoms with van der Waals surface area (Å²) in [5, 5.41) is 15.0. The monoisotopic (exact) mass is 430 g/mol. The van der Waals surface area contributed by atoms with Crippen molar-refractivity contribution in [2.24, 2.45) is 0 Å². The SMILES string of the molecule is CC(=O)N1CCN(c2ccc(C(=O)NC(C)c3ccccc3Cl)cc2[N+](=O)[O-])CC1. The number of hydrogen-bond donors (Lipinski definition) is 1. The van der Waals surface area contributed by atoms with Gasteiger partial charge in [-0.2, -0.15) is 0 Å². The van der Waals surface area contributed by atoms with E-state index in [1.807, 2.05) is 17.0 Å². The minimum absolute atomic E-state index is 0.0104. The highest BCUT2D eigenvalue weighted by Crippen LogP contribution is 2.30. The van der Waals surface area contributed by atoms with Crippen LogP contribution in [0, 0.1) is 10.1 Å². The number of nitrogens with zero attached hydrogens (tertiary/aromatic N) is 3. The summed E-state index contributed by atoms with van der Waals surface area (Å²) in [6.07, 6.45) is 0. The zero-order valence-corrected chi connectivity index (χ0v) is 17.6. The maximum atomic E-state index is 12.7. The summed E-state index contributed by atoms with van der Waals surface area (Å²) in [7, 11) is 0. The third-order valence-electron chi connectivity index (χ3n) is 5.22. The maximum absolute atomic E-state index is 12.7. The van der Waals surface area contributed by atoms with Crippen molar-refractivity contribution in [3.8, 4) is 0 Å². The number of halogens is 1. The molecule has 0 radical (unpaired) electrons. The molecule has 1 atom stereocenters. The molecule has 0 aromatic heterocycles. The molecule has 158 valence electrons. The standard InChI is InChI=1S/C21H23ClN4O4/c1-14(17-5-3-4-6-18(17)22)23-21(28)16-7-8-19(20(13-16)26(29)30)25-11-9-24(10-12-25)15(2)27/h3-8,13-14H,9-12H2,1-2H3,(H,23,28). The average molecular weight is 431 g/mol. The van der Waals surface area contributed by atoms with Crippen molar-refractivity contribution in [2.45, 2.75) is 19.9 Å². The molecule has 1 N–H and O–H groups in total. The lowest BCUT2D eigenvalue weighted by Gasteiger charge is -2.35. The van der Waals surface area contributed by atoms with Gasteiger partial charge in [0.2, 0.25) is 5.91 Å². The summed E-state index contributed by atoms with van der Waals surface area (Å²) in [5.74, 6) is -0.428. The fourth-order valence-corrected chi connectivity index (χ4v) is 3.82. The third kappa shape index (κ3) is 4.71. The lowest BCUT2D eigenvalue weighted by Crippen LogP contribution is -2.48. The second-order valence-electron chi connectivity index (χ2n) is 7.17. The van der Waals surface area contributed by atoms with Crippen LogP contribution >= 0.6 is 11.6 Å². The molecule has 9 heteroatoms. The largest absolute Gasteiger partial charge is 0.362 e. The highest BCUT2D eigenvalue weighted by Gasteiger charge is 2.26. The van der Waals surface area contributed by atoms with Crippen molar-refractivity contribution in [3.05, 3.63) is 68.7 Å². The van der Waals surface area contributed by atoms with Gasteiger partial charge in [0.15, 0.2) is 0 Å².